The van der Waals surface area contributed by atoms with Gasteiger partial charge in [0.15, 0.2) is 0 Å². The number of aryl methyl sites for hydroxylation is 1. The van der Waals surface area contributed by atoms with Crippen molar-refractivity contribution in [3.8, 4) is 0 Å². The Bertz CT molecular complexity index is 869. The Morgan fingerprint density at radius 3 is 2.26 bits per heavy atom. The molecule has 1 atom stereocenters. The van der Waals surface area contributed by atoms with Gasteiger partial charge in [-0.05, 0) is 31.2 Å². The summed E-state index contributed by atoms with van der Waals surface area (Å²) in [6.07, 6.45) is -8.99. The van der Waals surface area contributed by atoms with Gasteiger partial charge in [-0.1, -0.05) is 35.9 Å². The van der Waals surface area contributed by atoms with Crippen molar-refractivity contribution in [1.29, 1.82) is 0 Å². The van der Waals surface area contributed by atoms with Gasteiger partial charge in [0.05, 0.1) is 4.90 Å². The van der Waals surface area contributed by atoms with Gasteiger partial charge >= 0.3 is 12.3 Å². The van der Waals surface area contributed by atoms with Crippen LogP contribution in [0.15, 0.2) is 64.4 Å². The topological polar surface area (TPSA) is 72.5 Å². The fourth-order valence-electron chi connectivity index (χ4n) is 1.92. The van der Waals surface area contributed by atoms with Crippen LogP contribution in [-0.2, 0) is 14.8 Å². The van der Waals surface area contributed by atoms with Gasteiger partial charge in [0.2, 0.25) is 6.10 Å². The van der Waals surface area contributed by atoms with Gasteiger partial charge in [0.1, 0.15) is 0 Å². The number of sulfonamides is 1. The van der Waals surface area contributed by atoms with E-state index in [1.807, 2.05) is 0 Å². The molecule has 2 aromatic rings. The smallest absolute Gasteiger partial charge is 0.426 e. The van der Waals surface area contributed by atoms with E-state index in [1.165, 1.54) is 29.0 Å². The lowest BCUT2D eigenvalue weighted by molar-refractivity contribution is -0.195. The Morgan fingerprint density at radius 2 is 1.70 bits per heavy atom. The zero-order chi connectivity index (χ0) is 20.1. The molecular weight excluding hydrogens is 403 g/mol. The lowest BCUT2D eigenvalue weighted by atomic mass is 10.2. The number of amides is 1. The van der Waals surface area contributed by atoms with E-state index in [0.29, 0.717) is 4.90 Å². The summed E-state index contributed by atoms with van der Waals surface area (Å²) in [6, 6.07) is 13.7. The Balaban J connectivity index is 2.03. The van der Waals surface area contributed by atoms with Gasteiger partial charge < -0.3 is 4.74 Å². The van der Waals surface area contributed by atoms with E-state index in [0.717, 1.165) is 17.3 Å². The van der Waals surface area contributed by atoms with Gasteiger partial charge in [-0.3, -0.25) is 0 Å². The molecule has 0 fully saturated rings. The molecule has 0 aliphatic carbocycles. The first-order valence-corrected chi connectivity index (χ1v) is 10.1. The molecule has 0 bridgehead atoms. The van der Waals surface area contributed by atoms with E-state index in [4.69, 9.17) is 0 Å². The molecule has 1 N–H and O–H groups in total. The third-order valence-corrected chi connectivity index (χ3v) is 5.71. The van der Waals surface area contributed by atoms with Crippen LogP contribution in [-0.4, -0.2) is 32.5 Å². The van der Waals surface area contributed by atoms with Crippen molar-refractivity contribution >= 4 is 27.9 Å². The molecule has 5 nitrogen and oxygen atoms in total. The maximum Gasteiger partial charge on any atom is 0.426 e. The van der Waals surface area contributed by atoms with Crippen LogP contribution in [0.4, 0.5) is 18.0 Å². The van der Waals surface area contributed by atoms with Crippen molar-refractivity contribution in [2.75, 3.05) is 5.75 Å². The number of thioether (sulfide) groups is 1. The van der Waals surface area contributed by atoms with Crippen molar-refractivity contribution in [2.24, 2.45) is 0 Å². The number of carbonyl (C=O) groups is 1. The average molecular weight is 419 g/mol. The van der Waals surface area contributed by atoms with Crippen LogP contribution < -0.4 is 4.72 Å². The normalized spacial score (nSPS) is 13.0. The highest BCUT2D eigenvalue weighted by molar-refractivity contribution is 7.99. The number of halogens is 3. The molecule has 146 valence electrons. The maximum atomic E-state index is 13.1. The van der Waals surface area contributed by atoms with Crippen LogP contribution in [0.3, 0.4) is 0 Å². The highest BCUT2D eigenvalue weighted by atomic mass is 32.2. The first-order chi connectivity index (χ1) is 12.6. The molecule has 2 aromatic carbocycles. The van der Waals surface area contributed by atoms with E-state index < -0.39 is 34.1 Å². The number of hydrogen-bond acceptors (Lipinski definition) is 5. The Hall–Kier alpha value is -2.20. The van der Waals surface area contributed by atoms with Crippen molar-refractivity contribution in [1.82, 2.24) is 4.72 Å². The van der Waals surface area contributed by atoms with E-state index in [1.54, 1.807) is 37.3 Å². The second-order valence-electron chi connectivity index (χ2n) is 5.48. The van der Waals surface area contributed by atoms with Crippen LogP contribution in [0.1, 0.15) is 5.56 Å². The van der Waals surface area contributed by atoms with Crippen LogP contribution >= 0.6 is 11.8 Å². The predicted octanol–water partition coefficient (Wildman–Crippen LogP) is 4.13. The third kappa shape index (κ3) is 6.47. The van der Waals surface area contributed by atoms with E-state index in [9.17, 15) is 26.4 Å². The van der Waals surface area contributed by atoms with E-state index in [-0.39, 0.29) is 4.90 Å². The fraction of sp³-hybridized carbons (Fsp3) is 0.235. The first-order valence-electron chi connectivity index (χ1n) is 7.62. The van der Waals surface area contributed by atoms with Gasteiger partial charge in [-0.2, -0.15) is 13.2 Å². The highest BCUT2D eigenvalue weighted by Gasteiger charge is 2.43. The van der Waals surface area contributed by atoms with E-state index >= 15 is 0 Å². The summed E-state index contributed by atoms with van der Waals surface area (Å²) in [5.74, 6) is -0.606. The minimum absolute atomic E-state index is 0.257. The average Bonchev–Trinajstić information content (AvgIpc) is 2.58. The molecule has 1 amide bonds. The Kier molecular flexibility index (Phi) is 6.77. The number of rotatable bonds is 6. The zero-order valence-electron chi connectivity index (χ0n) is 14.1. The monoisotopic (exact) mass is 419 g/mol. The first kappa shape index (κ1) is 21.1. The van der Waals surface area contributed by atoms with Gasteiger partial charge in [0, 0.05) is 10.6 Å². The summed E-state index contributed by atoms with van der Waals surface area (Å²) in [5, 5.41) is 0. The summed E-state index contributed by atoms with van der Waals surface area (Å²) in [6.45, 7) is 1.73. The third-order valence-electron chi connectivity index (χ3n) is 3.31. The van der Waals surface area contributed by atoms with Crippen molar-refractivity contribution in [3.05, 3.63) is 60.2 Å². The molecule has 10 heteroatoms. The maximum absolute atomic E-state index is 13.1. The van der Waals surface area contributed by atoms with Crippen LogP contribution in [0.2, 0.25) is 0 Å². The highest BCUT2D eigenvalue weighted by Crippen LogP contribution is 2.29. The summed E-state index contributed by atoms with van der Waals surface area (Å²) in [5.41, 5.74) is 0.784. The largest absolute Gasteiger partial charge is 0.435 e. The minimum Gasteiger partial charge on any atom is -0.435 e. The van der Waals surface area contributed by atoms with Crippen LogP contribution in [0.25, 0.3) is 0 Å². The van der Waals surface area contributed by atoms with Crippen LogP contribution in [0, 0.1) is 6.92 Å². The molecule has 0 aliphatic rings. The Labute approximate surface area is 159 Å². The Morgan fingerprint density at radius 1 is 1.11 bits per heavy atom. The van der Waals surface area contributed by atoms with E-state index in [2.05, 4.69) is 4.74 Å². The lowest BCUT2D eigenvalue weighted by Crippen LogP contribution is -2.41. The van der Waals surface area contributed by atoms with Crippen LogP contribution in [0.5, 0.6) is 0 Å². The predicted molar refractivity (Wildman–Crippen MR) is 95.0 cm³/mol. The summed E-state index contributed by atoms with van der Waals surface area (Å²) in [7, 11) is -4.33. The summed E-state index contributed by atoms with van der Waals surface area (Å²) >= 11 is 0.839. The number of benzene rings is 2. The molecule has 0 saturated carbocycles. The molecule has 0 saturated heterocycles. The number of nitrogens with one attached hydrogen (secondary N) is 1. The number of carbonyl (C=O) groups excluding carboxylic acids is 1. The lowest BCUT2D eigenvalue weighted by Gasteiger charge is -2.20. The van der Waals surface area contributed by atoms with Crippen molar-refractivity contribution < 1.29 is 31.1 Å². The number of hydrogen-bond donors (Lipinski definition) is 1. The number of alkyl halides is 3. The second-order valence-corrected chi connectivity index (χ2v) is 8.25. The quantitative estimate of drug-likeness (QED) is 0.713. The second kappa shape index (κ2) is 8.66. The molecule has 0 spiro atoms. The molecule has 27 heavy (non-hydrogen) atoms. The summed E-state index contributed by atoms with van der Waals surface area (Å²) in [4.78, 5) is 12.0. The molecule has 0 radical (unpaired) electrons. The number of ether oxygens (including phenoxy) is 1. The minimum atomic E-state index is -4.84. The molecule has 2 rings (SSSR count). The van der Waals surface area contributed by atoms with Gasteiger partial charge in [0.25, 0.3) is 10.0 Å². The molecular formula is C17H16F3NO4S2. The van der Waals surface area contributed by atoms with Gasteiger partial charge in [-0.25, -0.2) is 17.9 Å². The van der Waals surface area contributed by atoms with Crippen molar-refractivity contribution in [2.45, 2.75) is 29.0 Å². The molecule has 0 aliphatic heterocycles. The van der Waals surface area contributed by atoms with Gasteiger partial charge in [-0.15, -0.1) is 11.8 Å². The zero-order valence-corrected chi connectivity index (χ0v) is 15.7. The SMILES string of the molecule is Cc1ccc(S(=O)(=O)NC(=O)OC(CSc2ccccc2)C(F)(F)F)cc1. The fourth-order valence-corrected chi connectivity index (χ4v) is 3.75. The standard InChI is InChI=1S/C17H16F3NO4S2/c1-12-7-9-14(10-8-12)27(23,24)21-16(22)25-15(17(18,19)20)11-26-13-5-3-2-4-6-13/h2-10,15H,11H2,1H3,(H,21,22). The molecule has 0 aromatic heterocycles. The molecule has 1 unspecified atom stereocenters. The molecule has 0 heterocycles. The summed E-state index contributed by atoms with van der Waals surface area (Å²) < 4.78 is 69.3. The van der Waals surface area contributed by atoms with Crippen molar-refractivity contribution in [3.63, 3.8) is 0 Å².